The molecule has 5 atom stereocenters. The second kappa shape index (κ2) is 11.6. The summed E-state index contributed by atoms with van der Waals surface area (Å²) in [4.78, 5) is 36.2. The first-order valence-electron chi connectivity index (χ1n) is 15.1. The van der Waals surface area contributed by atoms with Gasteiger partial charge in [0.1, 0.15) is 34.7 Å². The summed E-state index contributed by atoms with van der Waals surface area (Å²) >= 11 is 6.56. The van der Waals surface area contributed by atoms with Gasteiger partial charge in [-0.1, -0.05) is 30.3 Å². The predicted molar refractivity (Wildman–Crippen MR) is 169 cm³/mol. The molecule has 0 radical (unpaired) electrons. The molecule has 3 aromatic heterocycles. The zero-order valence-electron chi connectivity index (χ0n) is 24.8. The van der Waals surface area contributed by atoms with Crippen LogP contribution in [-0.4, -0.2) is 87.3 Å². The first-order valence-corrected chi connectivity index (χ1v) is 15.5. The number of likely N-dealkylation sites (N-methyl/N-ethyl adjacent to an activating group) is 1. The van der Waals surface area contributed by atoms with Crippen molar-refractivity contribution in [2.75, 3.05) is 43.9 Å². The third-order valence-electron chi connectivity index (χ3n) is 9.23. The van der Waals surface area contributed by atoms with Gasteiger partial charge in [-0.15, -0.1) is 0 Å². The fourth-order valence-electron chi connectivity index (χ4n) is 7.02. The van der Waals surface area contributed by atoms with Crippen LogP contribution in [0.15, 0.2) is 43.1 Å². The third-order valence-corrected chi connectivity index (χ3v) is 9.54. The van der Waals surface area contributed by atoms with Crippen LogP contribution in [0.1, 0.15) is 25.7 Å². The monoisotopic (exact) mass is 634 g/mol. The van der Waals surface area contributed by atoms with Gasteiger partial charge < -0.3 is 20.3 Å². The molecule has 13 heteroatoms. The van der Waals surface area contributed by atoms with E-state index in [1.54, 1.807) is 23.1 Å². The zero-order chi connectivity index (χ0) is 31.4. The van der Waals surface area contributed by atoms with Crippen molar-refractivity contribution in [1.82, 2.24) is 29.7 Å². The molecule has 0 saturated carbocycles. The van der Waals surface area contributed by atoms with Gasteiger partial charge in [0.15, 0.2) is 12.0 Å². The summed E-state index contributed by atoms with van der Waals surface area (Å²) in [6.07, 6.45) is 4.34. The van der Waals surface area contributed by atoms with Gasteiger partial charge in [0.25, 0.3) is 0 Å². The Bertz CT molecular complexity index is 1810. The lowest BCUT2D eigenvalue weighted by Gasteiger charge is -2.45. The van der Waals surface area contributed by atoms with Crippen LogP contribution < -0.4 is 15.4 Å². The summed E-state index contributed by atoms with van der Waals surface area (Å²) in [5.74, 6) is -0.300. The Morgan fingerprint density at radius 1 is 1.20 bits per heavy atom. The molecule has 3 fully saturated rings. The molecule has 7 rings (SSSR count). The molecular formula is C32H33ClF2N8O2. The van der Waals surface area contributed by atoms with Crippen LogP contribution in [0, 0.1) is 11.7 Å². The minimum absolute atomic E-state index is 0.00682. The highest BCUT2D eigenvalue weighted by molar-refractivity contribution is 6.36. The zero-order valence-corrected chi connectivity index (χ0v) is 25.6. The molecule has 3 saturated heterocycles. The number of pyridine rings is 2. The SMILES string of the molecule is C=CC(=O)N1CC[C@@H](N(C)c2nc(OC3[C@@H]4CCCN3C[C@H](F)C4)nc3c(F)c(-c4nc(N)cc5cccc(Cl)c45)ncc23)C1. The molecule has 6 heterocycles. The van der Waals surface area contributed by atoms with E-state index in [9.17, 15) is 9.18 Å². The molecule has 1 amide bonds. The van der Waals surface area contributed by atoms with E-state index in [4.69, 9.17) is 27.1 Å². The Morgan fingerprint density at radius 3 is 2.84 bits per heavy atom. The van der Waals surface area contributed by atoms with Crippen LogP contribution in [0.3, 0.4) is 0 Å². The van der Waals surface area contributed by atoms with Gasteiger partial charge in [0, 0.05) is 56.8 Å². The number of halogens is 3. The first-order chi connectivity index (χ1) is 21.7. The van der Waals surface area contributed by atoms with Crippen molar-refractivity contribution in [3.8, 4) is 17.4 Å². The van der Waals surface area contributed by atoms with Crippen LogP contribution in [-0.2, 0) is 4.79 Å². The predicted octanol–water partition coefficient (Wildman–Crippen LogP) is 5.00. The molecule has 2 bridgehead atoms. The summed E-state index contributed by atoms with van der Waals surface area (Å²) < 4.78 is 37.6. The number of rotatable bonds is 6. The van der Waals surface area contributed by atoms with E-state index in [1.165, 1.54) is 12.3 Å². The number of aromatic nitrogens is 4. The van der Waals surface area contributed by atoms with E-state index < -0.39 is 18.2 Å². The molecule has 1 aromatic carbocycles. The van der Waals surface area contributed by atoms with E-state index in [0.29, 0.717) is 59.5 Å². The van der Waals surface area contributed by atoms with Crippen molar-refractivity contribution >= 4 is 50.8 Å². The smallest absolute Gasteiger partial charge is 0.320 e. The summed E-state index contributed by atoms with van der Waals surface area (Å²) in [7, 11) is 1.85. The number of nitrogens with zero attached hydrogens (tertiary/aromatic N) is 7. The number of alkyl halides is 1. The second-order valence-corrected chi connectivity index (χ2v) is 12.4. The van der Waals surface area contributed by atoms with Gasteiger partial charge >= 0.3 is 6.01 Å². The maximum absolute atomic E-state index is 16.7. The number of ether oxygens (including phenoxy) is 1. The number of carbonyl (C=O) groups excluding carboxylic acids is 1. The number of amides is 1. The Hall–Kier alpha value is -4.16. The second-order valence-electron chi connectivity index (χ2n) is 12.0. The highest BCUT2D eigenvalue weighted by atomic mass is 35.5. The molecule has 10 nitrogen and oxygen atoms in total. The van der Waals surface area contributed by atoms with Crippen LogP contribution in [0.5, 0.6) is 6.01 Å². The van der Waals surface area contributed by atoms with Crippen molar-refractivity contribution in [2.45, 2.75) is 44.1 Å². The quantitative estimate of drug-likeness (QED) is 0.293. The lowest BCUT2D eigenvalue weighted by molar-refractivity contribution is -0.125. The Morgan fingerprint density at radius 2 is 2.04 bits per heavy atom. The number of carbonyl (C=O) groups is 1. The minimum atomic E-state index is -0.920. The Labute approximate surface area is 263 Å². The van der Waals surface area contributed by atoms with Gasteiger partial charge in [-0.05, 0) is 49.3 Å². The third kappa shape index (κ3) is 5.29. The lowest BCUT2D eigenvalue weighted by Crippen LogP contribution is -2.55. The fraction of sp³-hybridized carbons (Fsp3) is 0.406. The van der Waals surface area contributed by atoms with Crippen LogP contribution in [0.25, 0.3) is 33.1 Å². The number of benzene rings is 1. The molecule has 0 aliphatic carbocycles. The Balaban J connectivity index is 1.36. The standard InChI is InChI=1S/C32H33ClF2N8O2/c1-3-24(44)42-11-9-20(16-42)41(2)30-21-14-37-29(28-25-17(13-23(36)38-28)6-4-8-22(25)33)26(35)27(21)39-32(40-30)45-31-18-7-5-10-43(31)15-19(34)12-18/h3-4,6,8,13-14,18-20,31H,1,5,7,9-12,15-16H2,2H3,(H2,36,38)/t18-,19-,20-,31?/m1/s1. The van der Waals surface area contributed by atoms with E-state index in [1.807, 2.05) is 22.9 Å². The number of hydrogen-bond donors (Lipinski definition) is 1. The normalized spacial score (nSPS) is 24.6. The van der Waals surface area contributed by atoms with E-state index in [0.717, 1.165) is 12.8 Å². The Kier molecular flexibility index (Phi) is 7.65. The maximum Gasteiger partial charge on any atom is 0.320 e. The molecule has 3 aliphatic rings. The summed E-state index contributed by atoms with van der Waals surface area (Å²) in [6, 6.07) is 6.86. The van der Waals surface area contributed by atoms with Crippen molar-refractivity contribution in [3.05, 3.63) is 54.0 Å². The molecule has 3 aliphatic heterocycles. The van der Waals surface area contributed by atoms with Crippen molar-refractivity contribution in [1.29, 1.82) is 0 Å². The van der Waals surface area contributed by atoms with Crippen molar-refractivity contribution < 1.29 is 18.3 Å². The highest BCUT2D eigenvalue weighted by Crippen LogP contribution is 2.39. The average Bonchev–Trinajstić information content (AvgIpc) is 3.51. The molecular weight excluding hydrogens is 602 g/mol. The average molecular weight is 635 g/mol. The fourth-order valence-corrected chi connectivity index (χ4v) is 7.29. The van der Waals surface area contributed by atoms with Crippen LogP contribution in [0.4, 0.5) is 20.4 Å². The summed E-state index contributed by atoms with van der Waals surface area (Å²) in [6.45, 7) is 5.58. The molecule has 4 aromatic rings. The highest BCUT2D eigenvalue weighted by Gasteiger charge is 2.41. The molecule has 2 unspecified atom stereocenters. The number of fused-ring (bicyclic) bond motifs is 4. The van der Waals surface area contributed by atoms with E-state index in [2.05, 4.69) is 21.5 Å². The number of hydrogen-bond acceptors (Lipinski definition) is 9. The molecule has 234 valence electrons. The van der Waals surface area contributed by atoms with Crippen LogP contribution >= 0.6 is 11.6 Å². The molecule has 2 N–H and O–H groups in total. The maximum atomic E-state index is 16.7. The summed E-state index contributed by atoms with van der Waals surface area (Å²) in [5, 5.41) is 1.96. The number of nitrogens with two attached hydrogens (primary N) is 1. The topological polar surface area (TPSA) is 114 Å². The number of piperidine rings is 2. The first kappa shape index (κ1) is 29.5. The number of likely N-dealkylation sites (tertiary alicyclic amines) is 1. The van der Waals surface area contributed by atoms with Gasteiger partial charge in [0.05, 0.1) is 10.4 Å². The number of anilines is 2. The van der Waals surface area contributed by atoms with Crippen molar-refractivity contribution in [2.24, 2.45) is 5.92 Å². The van der Waals surface area contributed by atoms with Gasteiger partial charge in [0.2, 0.25) is 5.91 Å². The van der Waals surface area contributed by atoms with Gasteiger partial charge in [-0.25, -0.2) is 13.8 Å². The van der Waals surface area contributed by atoms with Gasteiger partial charge in [-0.2, -0.15) is 9.97 Å². The number of nitrogen functional groups attached to an aromatic ring is 1. The summed E-state index contributed by atoms with van der Waals surface area (Å²) in [5.41, 5.74) is 6.24. The van der Waals surface area contributed by atoms with Crippen LogP contribution in [0.2, 0.25) is 5.02 Å². The van der Waals surface area contributed by atoms with E-state index >= 15 is 4.39 Å². The largest absolute Gasteiger partial charge is 0.444 e. The minimum Gasteiger partial charge on any atom is -0.444 e. The molecule has 45 heavy (non-hydrogen) atoms. The lowest BCUT2D eigenvalue weighted by atomic mass is 9.86. The van der Waals surface area contributed by atoms with Crippen molar-refractivity contribution in [3.63, 3.8) is 0 Å². The van der Waals surface area contributed by atoms with E-state index in [-0.39, 0.29) is 53.1 Å². The molecule has 0 spiro atoms. The van der Waals surface area contributed by atoms with Gasteiger partial charge in [-0.3, -0.25) is 14.7 Å².